The van der Waals surface area contributed by atoms with E-state index in [1.54, 1.807) is 11.3 Å². The third-order valence-corrected chi connectivity index (χ3v) is 4.03. The Bertz CT molecular complexity index is 633. The van der Waals surface area contributed by atoms with Gasteiger partial charge in [0.25, 0.3) is 0 Å². The molecule has 0 saturated heterocycles. The fourth-order valence-corrected chi connectivity index (χ4v) is 3.19. The Morgan fingerprint density at radius 2 is 2.16 bits per heavy atom. The molecule has 1 atom stereocenters. The van der Waals surface area contributed by atoms with Crippen LogP contribution < -0.4 is 5.32 Å². The van der Waals surface area contributed by atoms with Crippen molar-refractivity contribution in [3.63, 3.8) is 0 Å². The van der Waals surface area contributed by atoms with Crippen LogP contribution in [0.1, 0.15) is 17.4 Å². The minimum atomic E-state index is -1.01. The molecule has 0 bridgehead atoms. The van der Waals surface area contributed by atoms with Gasteiger partial charge in [0, 0.05) is 22.9 Å². The summed E-state index contributed by atoms with van der Waals surface area (Å²) in [7, 11) is 0. The Morgan fingerprint density at radius 3 is 2.74 bits per heavy atom. The third kappa shape index (κ3) is 3.12. The number of aryl methyl sites for hydroxylation is 1. The number of carbonyl (C=O) groups excluding carboxylic acids is 1. The number of hydrogen-bond donors (Lipinski definition) is 2. The number of carboxylic acids is 1. The lowest BCUT2D eigenvalue weighted by atomic mass is 10.1. The van der Waals surface area contributed by atoms with Gasteiger partial charge in [0.15, 0.2) is 0 Å². The molecule has 0 fully saturated rings. The maximum absolute atomic E-state index is 11.1. The fraction of sp³-hybridized carbons (Fsp3) is 0.286. The summed E-state index contributed by atoms with van der Waals surface area (Å²) in [5.41, 5.74) is 1.17. The SMILES string of the molecule is CC(=O)NC(Cc1cc2c(C)cccc2s1)C(=O)O. The summed E-state index contributed by atoms with van der Waals surface area (Å²) in [5, 5.41) is 12.7. The van der Waals surface area contributed by atoms with Crippen molar-refractivity contribution in [2.45, 2.75) is 26.3 Å². The van der Waals surface area contributed by atoms with Gasteiger partial charge in [-0.2, -0.15) is 0 Å². The van der Waals surface area contributed by atoms with Gasteiger partial charge >= 0.3 is 5.97 Å². The molecular weight excluding hydrogens is 262 g/mol. The zero-order valence-electron chi connectivity index (χ0n) is 10.8. The summed E-state index contributed by atoms with van der Waals surface area (Å²) < 4.78 is 1.14. The molecule has 1 aromatic carbocycles. The molecule has 19 heavy (non-hydrogen) atoms. The van der Waals surface area contributed by atoms with Crippen LogP contribution in [0, 0.1) is 6.92 Å². The number of carbonyl (C=O) groups is 2. The first-order chi connectivity index (χ1) is 8.97. The van der Waals surface area contributed by atoms with Crippen LogP contribution in [0.3, 0.4) is 0 Å². The second kappa shape index (κ2) is 5.40. The maximum Gasteiger partial charge on any atom is 0.326 e. The maximum atomic E-state index is 11.1. The minimum Gasteiger partial charge on any atom is -0.480 e. The highest BCUT2D eigenvalue weighted by atomic mass is 32.1. The zero-order chi connectivity index (χ0) is 14.0. The number of amides is 1. The largest absolute Gasteiger partial charge is 0.480 e. The van der Waals surface area contributed by atoms with Crippen molar-refractivity contribution in [2.24, 2.45) is 0 Å². The zero-order valence-corrected chi connectivity index (χ0v) is 11.6. The van der Waals surface area contributed by atoms with E-state index in [1.807, 2.05) is 31.2 Å². The standard InChI is InChI=1S/C14H15NO3S/c1-8-4-3-5-13-11(8)6-10(19-13)7-12(14(17)18)15-9(2)16/h3-6,12H,7H2,1-2H3,(H,15,16)(H,17,18). The van der Waals surface area contributed by atoms with Gasteiger partial charge < -0.3 is 10.4 Å². The summed E-state index contributed by atoms with van der Waals surface area (Å²) in [6, 6.07) is 7.17. The Kier molecular flexibility index (Phi) is 3.85. The monoisotopic (exact) mass is 277 g/mol. The van der Waals surface area contributed by atoms with Crippen LogP contribution in [0.4, 0.5) is 0 Å². The molecule has 2 rings (SSSR count). The molecule has 0 spiro atoms. The van der Waals surface area contributed by atoms with Gasteiger partial charge in [-0.3, -0.25) is 4.79 Å². The summed E-state index contributed by atoms with van der Waals surface area (Å²) in [5.74, 6) is -1.34. The van der Waals surface area contributed by atoms with Crippen LogP contribution >= 0.6 is 11.3 Å². The molecule has 1 heterocycles. The van der Waals surface area contributed by atoms with Crippen molar-refractivity contribution in [2.75, 3.05) is 0 Å². The van der Waals surface area contributed by atoms with E-state index in [4.69, 9.17) is 5.11 Å². The Hall–Kier alpha value is -1.88. The minimum absolute atomic E-state index is 0.313. The van der Waals surface area contributed by atoms with Crippen LogP contribution in [-0.4, -0.2) is 23.0 Å². The first kappa shape index (κ1) is 13.5. The third-order valence-electron chi connectivity index (χ3n) is 2.91. The molecule has 2 N–H and O–H groups in total. The van der Waals surface area contributed by atoms with Gasteiger partial charge in [-0.1, -0.05) is 12.1 Å². The van der Waals surface area contributed by atoms with E-state index in [0.717, 1.165) is 15.0 Å². The Labute approximate surface area is 115 Å². The van der Waals surface area contributed by atoms with Gasteiger partial charge in [-0.05, 0) is 30.0 Å². The van der Waals surface area contributed by atoms with E-state index in [0.29, 0.717) is 6.42 Å². The van der Waals surface area contributed by atoms with E-state index in [9.17, 15) is 9.59 Å². The van der Waals surface area contributed by atoms with Crippen LogP contribution in [0.5, 0.6) is 0 Å². The molecule has 1 aromatic heterocycles. The number of carboxylic acid groups (broad SMARTS) is 1. The molecule has 1 amide bonds. The smallest absolute Gasteiger partial charge is 0.326 e. The molecule has 0 aliphatic rings. The van der Waals surface area contributed by atoms with Crippen LogP contribution in [0.25, 0.3) is 10.1 Å². The van der Waals surface area contributed by atoms with Crippen molar-refractivity contribution < 1.29 is 14.7 Å². The van der Waals surface area contributed by atoms with Crippen molar-refractivity contribution in [1.29, 1.82) is 0 Å². The molecular formula is C14H15NO3S. The highest BCUT2D eigenvalue weighted by Gasteiger charge is 2.20. The first-order valence-corrected chi connectivity index (χ1v) is 6.77. The second-order valence-corrected chi connectivity index (χ2v) is 5.66. The fourth-order valence-electron chi connectivity index (χ4n) is 2.01. The first-order valence-electron chi connectivity index (χ1n) is 5.95. The average Bonchev–Trinajstić information content (AvgIpc) is 2.71. The van der Waals surface area contributed by atoms with Gasteiger partial charge in [0.2, 0.25) is 5.91 Å². The van der Waals surface area contributed by atoms with Crippen LogP contribution in [-0.2, 0) is 16.0 Å². The normalized spacial score (nSPS) is 12.3. The van der Waals surface area contributed by atoms with Gasteiger partial charge in [0.1, 0.15) is 6.04 Å². The van der Waals surface area contributed by atoms with E-state index >= 15 is 0 Å². The van der Waals surface area contributed by atoms with E-state index < -0.39 is 12.0 Å². The van der Waals surface area contributed by atoms with Crippen LogP contribution in [0.15, 0.2) is 24.3 Å². The lowest BCUT2D eigenvalue weighted by Crippen LogP contribution is -2.40. The number of benzene rings is 1. The van der Waals surface area contributed by atoms with E-state index in [2.05, 4.69) is 5.32 Å². The topological polar surface area (TPSA) is 66.4 Å². The highest BCUT2D eigenvalue weighted by molar-refractivity contribution is 7.19. The lowest BCUT2D eigenvalue weighted by Gasteiger charge is -2.11. The molecule has 1 unspecified atom stereocenters. The molecule has 0 saturated carbocycles. The number of nitrogens with one attached hydrogen (secondary N) is 1. The average molecular weight is 277 g/mol. The Balaban J connectivity index is 2.26. The van der Waals surface area contributed by atoms with Crippen molar-refractivity contribution in [1.82, 2.24) is 5.32 Å². The number of aliphatic carboxylic acids is 1. The molecule has 4 nitrogen and oxygen atoms in total. The summed E-state index contributed by atoms with van der Waals surface area (Å²) in [4.78, 5) is 23.1. The van der Waals surface area contributed by atoms with Gasteiger partial charge in [0.05, 0.1) is 0 Å². The number of hydrogen-bond acceptors (Lipinski definition) is 3. The Morgan fingerprint density at radius 1 is 1.42 bits per heavy atom. The predicted molar refractivity (Wildman–Crippen MR) is 75.5 cm³/mol. The summed E-state index contributed by atoms with van der Waals surface area (Å²) in [6.07, 6.45) is 0.313. The number of thiophene rings is 1. The molecule has 2 aromatic rings. The summed E-state index contributed by atoms with van der Waals surface area (Å²) >= 11 is 1.57. The lowest BCUT2D eigenvalue weighted by molar-refractivity contribution is -0.141. The van der Waals surface area contributed by atoms with Gasteiger partial charge in [-0.25, -0.2) is 4.79 Å². The number of rotatable bonds is 4. The predicted octanol–water partition coefficient (Wildman–Crippen LogP) is 2.34. The molecule has 0 aliphatic heterocycles. The number of fused-ring (bicyclic) bond motifs is 1. The second-order valence-electron chi connectivity index (χ2n) is 4.49. The summed E-state index contributed by atoms with van der Waals surface area (Å²) in [6.45, 7) is 3.35. The highest BCUT2D eigenvalue weighted by Crippen LogP contribution is 2.28. The van der Waals surface area contributed by atoms with Crippen molar-refractivity contribution >= 4 is 33.3 Å². The van der Waals surface area contributed by atoms with Crippen molar-refractivity contribution in [3.05, 3.63) is 34.7 Å². The molecule has 0 aliphatic carbocycles. The molecule has 5 heteroatoms. The van der Waals surface area contributed by atoms with Crippen LogP contribution in [0.2, 0.25) is 0 Å². The van der Waals surface area contributed by atoms with Gasteiger partial charge in [-0.15, -0.1) is 11.3 Å². The molecule has 0 radical (unpaired) electrons. The van der Waals surface area contributed by atoms with E-state index in [-0.39, 0.29) is 5.91 Å². The van der Waals surface area contributed by atoms with E-state index in [1.165, 1.54) is 12.5 Å². The molecule has 100 valence electrons. The van der Waals surface area contributed by atoms with Crippen molar-refractivity contribution in [3.8, 4) is 0 Å². The quantitative estimate of drug-likeness (QED) is 0.901.